The van der Waals surface area contributed by atoms with Gasteiger partial charge < -0.3 is 15.3 Å². The summed E-state index contributed by atoms with van der Waals surface area (Å²) < 4.78 is 27.0. The lowest BCUT2D eigenvalue weighted by Gasteiger charge is -2.56. The number of aliphatic hydroxyl groups excluding tert-OH is 1. The lowest BCUT2D eigenvalue weighted by Crippen LogP contribution is -2.50. The van der Waals surface area contributed by atoms with Gasteiger partial charge in [-0.3, -0.25) is 9.52 Å². The summed E-state index contributed by atoms with van der Waals surface area (Å²) in [6.45, 7) is 4.69. The SMILES string of the molecule is C[C@]12CC[C@H](O)CC1=CC[C@@H]1[C@@H]2CC[C@]2(C)C(=O)CC[C@@H]12.O=C(O)c1cc(N=Nc2ccc(S(=O)(=O)Nc3ccccn3)cc2)ccc1O. The Bertz CT molecular complexity index is 1900. The molecule has 49 heavy (non-hydrogen) atoms. The Morgan fingerprint density at radius 1 is 0.939 bits per heavy atom. The van der Waals surface area contributed by atoms with E-state index in [2.05, 4.69) is 39.9 Å². The molecule has 258 valence electrons. The molecule has 0 amide bonds. The average Bonchev–Trinajstić information content (AvgIpc) is 3.39. The number of fused-ring (bicyclic) bond motifs is 5. The number of anilines is 1. The Kier molecular flexibility index (Phi) is 9.47. The fourth-order valence-corrected chi connectivity index (χ4v) is 9.61. The van der Waals surface area contributed by atoms with E-state index in [1.807, 2.05) is 0 Å². The number of sulfonamides is 1. The number of rotatable bonds is 6. The van der Waals surface area contributed by atoms with E-state index in [-0.39, 0.29) is 39.2 Å². The molecule has 7 rings (SSSR count). The van der Waals surface area contributed by atoms with E-state index in [1.54, 1.807) is 12.1 Å². The quantitative estimate of drug-likeness (QED) is 0.151. The van der Waals surface area contributed by atoms with Crippen LogP contribution in [0.2, 0.25) is 0 Å². The molecule has 4 N–H and O–H groups in total. The van der Waals surface area contributed by atoms with Crippen LogP contribution >= 0.6 is 0 Å². The number of pyridine rings is 1. The number of carboxylic acids is 1. The van der Waals surface area contributed by atoms with Crippen LogP contribution in [0.3, 0.4) is 0 Å². The molecule has 4 aliphatic carbocycles. The number of aliphatic hydroxyl groups is 1. The first-order valence-corrected chi connectivity index (χ1v) is 18.2. The van der Waals surface area contributed by atoms with Crippen LogP contribution in [0.4, 0.5) is 17.2 Å². The number of Topliss-reactive ketones (excluding diaryl/α,β-unsaturated/α-hetero) is 1. The summed E-state index contributed by atoms with van der Waals surface area (Å²) in [5.41, 5.74) is 2.10. The molecular weight excluding hydrogens is 644 g/mol. The maximum Gasteiger partial charge on any atom is 0.339 e. The normalized spacial score (nSPS) is 29.1. The van der Waals surface area contributed by atoms with Gasteiger partial charge >= 0.3 is 5.97 Å². The van der Waals surface area contributed by atoms with Gasteiger partial charge in [0.15, 0.2) is 0 Å². The molecule has 11 nitrogen and oxygen atoms in total. The Morgan fingerprint density at radius 2 is 1.63 bits per heavy atom. The predicted molar refractivity (Wildman–Crippen MR) is 183 cm³/mol. The third-order valence-electron chi connectivity index (χ3n) is 11.3. The molecular formula is C37H42N4O7S. The summed E-state index contributed by atoms with van der Waals surface area (Å²) in [5, 5.41) is 36.3. The van der Waals surface area contributed by atoms with Crippen LogP contribution in [0.1, 0.15) is 75.6 Å². The number of aromatic hydroxyl groups is 1. The van der Waals surface area contributed by atoms with Gasteiger partial charge in [0.2, 0.25) is 0 Å². The number of hydrogen-bond donors (Lipinski definition) is 4. The van der Waals surface area contributed by atoms with Gasteiger partial charge in [-0.05, 0) is 123 Å². The zero-order chi connectivity index (χ0) is 35.0. The number of hydrogen-bond acceptors (Lipinski definition) is 9. The summed E-state index contributed by atoms with van der Waals surface area (Å²) >= 11 is 0. The number of carbonyl (C=O) groups excluding carboxylic acids is 1. The summed E-state index contributed by atoms with van der Waals surface area (Å²) in [4.78, 5) is 27.3. The Morgan fingerprint density at radius 3 is 2.35 bits per heavy atom. The van der Waals surface area contributed by atoms with E-state index in [4.69, 9.17) is 5.11 Å². The van der Waals surface area contributed by atoms with Gasteiger partial charge in [0, 0.05) is 18.0 Å². The van der Waals surface area contributed by atoms with Crippen molar-refractivity contribution in [1.29, 1.82) is 0 Å². The predicted octanol–water partition coefficient (Wildman–Crippen LogP) is 7.58. The zero-order valence-corrected chi connectivity index (χ0v) is 28.4. The number of nitrogens with zero attached hydrogens (tertiary/aromatic N) is 3. The molecule has 0 spiro atoms. The maximum atomic E-state index is 12.4. The second kappa shape index (κ2) is 13.5. The Hall–Kier alpha value is -4.42. The van der Waals surface area contributed by atoms with Crippen LogP contribution in [0, 0.1) is 28.6 Å². The molecule has 0 unspecified atom stereocenters. The van der Waals surface area contributed by atoms with Crippen molar-refractivity contribution in [3.63, 3.8) is 0 Å². The third-order valence-corrected chi connectivity index (χ3v) is 12.7. The molecule has 3 aromatic rings. The molecule has 1 aromatic heterocycles. The van der Waals surface area contributed by atoms with E-state index in [1.165, 1.54) is 66.7 Å². The van der Waals surface area contributed by atoms with Gasteiger partial charge in [-0.25, -0.2) is 18.2 Å². The minimum atomic E-state index is -3.79. The van der Waals surface area contributed by atoms with Crippen LogP contribution in [0.5, 0.6) is 5.75 Å². The van der Waals surface area contributed by atoms with Crippen molar-refractivity contribution in [3.05, 3.63) is 84.1 Å². The largest absolute Gasteiger partial charge is 0.507 e. The second-order valence-corrected chi connectivity index (χ2v) is 15.8. The van der Waals surface area contributed by atoms with Gasteiger partial charge in [-0.1, -0.05) is 31.6 Å². The average molecular weight is 687 g/mol. The van der Waals surface area contributed by atoms with Crippen LogP contribution in [0.25, 0.3) is 0 Å². The molecule has 2 aromatic carbocycles. The first kappa shape index (κ1) is 34.4. The van der Waals surface area contributed by atoms with Crippen molar-refractivity contribution in [2.24, 2.45) is 38.8 Å². The Labute approximate surface area is 286 Å². The van der Waals surface area contributed by atoms with Crippen LogP contribution in [0.15, 0.2) is 93.6 Å². The topological polar surface area (TPSA) is 179 Å². The Balaban J connectivity index is 0.000000176. The van der Waals surface area contributed by atoms with Crippen LogP contribution < -0.4 is 4.72 Å². The number of phenols is 1. The van der Waals surface area contributed by atoms with Gasteiger partial charge in [0.25, 0.3) is 10.0 Å². The number of allylic oxidation sites excluding steroid dienone is 1. The smallest absolute Gasteiger partial charge is 0.339 e. The minimum Gasteiger partial charge on any atom is -0.507 e. The summed E-state index contributed by atoms with van der Waals surface area (Å²) in [6.07, 6.45) is 12.2. The highest BCUT2D eigenvalue weighted by molar-refractivity contribution is 7.92. The van der Waals surface area contributed by atoms with Crippen LogP contribution in [-0.4, -0.2) is 46.6 Å². The number of aromatic nitrogens is 1. The number of benzene rings is 2. The fraction of sp³-hybridized carbons (Fsp3) is 0.432. The van der Waals surface area contributed by atoms with Crippen molar-refractivity contribution in [3.8, 4) is 5.75 Å². The van der Waals surface area contributed by atoms with E-state index in [9.17, 15) is 28.2 Å². The van der Waals surface area contributed by atoms with Crippen molar-refractivity contribution in [2.75, 3.05) is 4.72 Å². The number of ketones is 1. The lowest BCUT2D eigenvalue weighted by atomic mass is 9.48. The molecule has 1 heterocycles. The fourth-order valence-electron chi connectivity index (χ4n) is 8.60. The van der Waals surface area contributed by atoms with Crippen molar-refractivity contribution >= 4 is 39.0 Å². The number of carbonyl (C=O) groups is 2. The zero-order valence-electron chi connectivity index (χ0n) is 27.6. The summed E-state index contributed by atoms with van der Waals surface area (Å²) in [6, 6.07) is 14.3. The van der Waals surface area contributed by atoms with Gasteiger partial charge in [-0.15, -0.1) is 0 Å². The number of azo groups is 1. The summed E-state index contributed by atoms with van der Waals surface area (Å²) in [7, 11) is -3.79. The number of carboxylic acid groups (broad SMARTS) is 1. The summed E-state index contributed by atoms with van der Waals surface area (Å²) in [5.74, 6) is 1.14. The second-order valence-electron chi connectivity index (χ2n) is 14.1. The molecule has 3 fully saturated rings. The minimum absolute atomic E-state index is 0.0168. The van der Waals surface area contributed by atoms with Crippen molar-refractivity contribution in [2.45, 2.75) is 76.2 Å². The van der Waals surface area contributed by atoms with E-state index in [0.29, 0.717) is 28.7 Å². The first-order valence-electron chi connectivity index (χ1n) is 16.7. The van der Waals surface area contributed by atoms with Crippen LogP contribution in [-0.2, 0) is 14.8 Å². The highest BCUT2D eigenvalue weighted by atomic mass is 32.2. The molecule has 0 aliphatic heterocycles. The first-order chi connectivity index (χ1) is 23.3. The highest BCUT2D eigenvalue weighted by Gasteiger charge is 2.58. The van der Waals surface area contributed by atoms with Crippen molar-refractivity contribution < 1.29 is 33.3 Å². The molecule has 6 atom stereocenters. The third kappa shape index (κ3) is 6.89. The molecule has 0 saturated heterocycles. The number of aromatic carboxylic acids is 1. The maximum absolute atomic E-state index is 12.4. The van der Waals surface area contributed by atoms with E-state index >= 15 is 0 Å². The molecule has 4 aliphatic rings. The van der Waals surface area contributed by atoms with Gasteiger partial charge in [0.05, 0.1) is 22.4 Å². The number of nitrogens with one attached hydrogen (secondary N) is 1. The lowest BCUT2D eigenvalue weighted by molar-refractivity contribution is -0.132. The molecule has 0 radical (unpaired) electrons. The van der Waals surface area contributed by atoms with Crippen molar-refractivity contribution in [1.82, 2.24) is 4.98 Å². The van der Waals surface area contributed by atoms with Gasteiger partial charge in [-0.2, -0.15) is 10.2 Å². The monoisotopic (exact) mass is 686 g/mol. The van der Waals surface area contributed by atoms with Gasteiger partial charge in [0.1, 0.15) is 22.9 Å². The van der Waals surface area contributed by atoms with E-state index in [0.717, 1.165) is 50.9 Å². The standard InChI is InChI=1S/C19H28O2.C18H14N4O5S/c1-18-9-7-13(20)11-12(18)3-4-14-15-5-6-17(21)19(15,2)10-8-16(14)18;23-16-9-6-13(11-15(16)18(24)25)21-20-12-4-7-14(8-5-12)28(26,27)22-17-3-1-2-10-19-17/h3,13-16,20H,4-11H2,1-2H3;1-11,23H,(H,19,22)(H,24,25)/t13-,14-,15-,16-,18-,19-;/m0./s1. The van der Waals surface area contributed by atoms with E-state index < -0.39 is 16.0 Å². The molecule has 12 heteroatoms. The highest BCUT2D eigenvalue weighted by Crippen LogP contribution is 2.63. The molecule has 3 saturated carbocycles. The molecule has 0 bridgehead atoms.